The Labute approximate surface area is 182 Å². The lowest BCUT2D eigenvalue weighted by atomic mass is 9.84. The lowest BCUT2D eigenvalue weighted by molar-refractivity contribution is -0.137. The van der Waals surface area contributed by atoms with E-state index in [1.165, 1.54) is 12.1 Å². The van der Waals surface area contributed by atoms with Gasteiger partial charge in [0.15, 0.2) is 11.6 Å². The normalized spacial score (nSPS) is 29.5. The minimum Gasteiger partial charge on any atom is -0.487 e. The molecule has 1 aliphatic heterocycles. The third-order valence-electron chi connectivity index (χ3n) is 6.57. The van der Waals surface area contributed by atoms with E-state index in [0.29, 0.717) is 30.8 Å². The van der Waals surface area contributed by atoms with Crippen molar-refractivity contribution in [3.05, 3.63) is 42.0 Å². The lowest BCUT2D eigenvalue weighted by Gasteiger charge is -2.21. The Morgan fingerprint density at radius 2 is 2.16 bits per heavy atom. The molecule has 31 heavy (non-hydrogen) atoms. The molecule has 2 aliphatic rings. The summed E-state index contributed by atoms with van der Waals surface area (Å²) in [7, 11) is 0. The van der Waals surface area contributed by atoms with Gasteiger partial charge in [0.2, 0.25) is 5.82 Å². The molecule has 7 heteroatoms. The fourth-order valence-electron chi connectivity index (χ4n) is 4.89. The number of aliphatic hydroxyl groups is 1. The predicted octanol–water partition coefficient (Wildman–Crippen LogP) is 4.58. The lowest BCUT2D eigenvalue weighted by Crippen LogP contribution is -2.21. The second-order valence-electron chi connectivity index (χ2n) is 8.87. The van der Waals surface area contributed by atoms with Crippen LogP contribution in [0.4, 0.5) is 8.78 Å². The summed E-state index contributed by atoms with van der Waals surface area (Å²) >= 11 is 0. The highest BCUT2D eigenvalue weighted by Gasteiger charge is 2.42. The molecule has 1 heterocycles. The first-order chi connectivity index (χ1) is 14.8. The van der Waals surface area contributed by atoms with Gasteiger partial charge in [0.05, 0.1) is 6.10 Å². The minimum atomic E-state index is -1.06. The molecule has 2 N–H and O–H groups in total. The molecule has 0 unspecified atom stereocenters. The maximum atomic E-state index is 13.7. The van der Waals surface area contributed by atoms with Crippen molar-refractivity contribution in [1.82, 2.24) is 0 Å². The summed E-state index contributed by atoms with van der Waals surface area (Å²) in [5.41, 5.74) is 0. The van der Waals surface area contributed by atoms with Crippen LogP contribution in [0.3, 0.4) is 0 Å². The van der Waals surface area contributed by atoms with Crippen LogP contribution >= 0.6 is 0 Å². The van der Waals surface area contributed by atoms with Gasteiger partial charge in [-0.05, 0) is 67.9 Å². The number of aliphatic carboxylic acids is 1. The molecule has 2 fully saturated rings. The Hall–Kier alpha value is -1.99. The van der Waals surface area contributed by atoms with E-state index in [-0.39, 0.29) is 30.8 Å². The quantitative estimate of drug-likeness (QED) is 0.552. The fraction of sp³-hybridized carbons (Fsp3) is 0.625. The van der Waals surface area contributed by atoms with Gasteiger partial charge < -0.3 is 19.7 Å². The fourth-order valence-corrected chi connectivity index (χ4v) is 4.89. The highest BCUT2D eigenvalue weighted by molar-refractivity contribution is 5.66. The molecule has 5 nitrogen and oxygen atoms in total. The first kappa shape index (κ1) is 23.7. The van der Waals surface area contributed by atoms with Crippen molar-refractivity contribution in [2.45, 2.75) is 57.7 Å². The van der Waals surface area contributed by atoms with Gasteiger partial charge >= 0.3 is 5.97 Å². The van der Waals surface area contributed by atoms with Crippen molar-refractivity contribution in [3.63, 3.8) is 0 Å². The average Bonchev–Trinajstić information content (AvgIpc) is 2.89. The summed E-state index contributed by atoms with van der Waals surface area (Å²) in [6, 6.07) is 3.70. The van der Waals surface area contributed by atoms with E-state index >= 15 is 0 Å². The van der Waals surface area contributed by atoms with Crippen LogP contribution in [-0.4, -0.2) is 41.6 Å². The van der Waals surface area contributed by atoms with Gasteiger partial charge in [-0.15, -0.1) is 0 Å². The molecule has 6 atom stereocenters. The first-order valence-corrected chi connectivity index (χ1v) is 11.1. The largest absolute Gasteiger partial charge is 0.487 e. The molecule has 1 aromatic rings. The molecule has 1 saturated heterocycles. The smallest absolute Gasteiger partial charge is 0.303 e. The summed E-state index contributed by atoms with van der Waals surface area (Å²) < 4.78 is 38.3. The van der Waals surface area contributed by atoms with Gasteiger partial charge in [-0.2, -0.15) is 4.39 Å². The van der Waals surface area contributed by atoms with E-state index in [1.54, 1.807) is 6.08 Å². The summed E-state index contributed by atoms with van der Waals surface area (Å²) in [5, 5.41) is 19.1. The molecule has 0 bridgehead atoms. The van der Waals surface area contributed by atoms with E-state index in [9.17, 15) is 18.7 Å². The van der Waals surface area contributed by atoms with Crippen LogP contribution in [0.25, 0.3) is 0 Å². The van der Waals surface area contributed by atoms with Gasteiger partial charge in [-0.25, -0.2) is 4.39 Å². The monoisotopic (exact) mass is 438 g/mol. The Balaban J connectivity index is 1.51. The molecular formula is C24H32F2O5. The number of halogens is 2. The van der Waals surface area contributed by atoms with E-state index in [1.807, 2.05) is 6.08 Å². The maximum Gasteiger partial charge on any atom is 0.303 e. The number of carboxylic acid groups (broad SMARTS) is 1. The van der Waals surface area contributed by atoms with Gasteiger partial charge in [-0.3, -0.25) is 4.79 Å². The maximum absolute atomic E-state index is 13.7. The molecule has 1 saturated carbocycles. The average molecular weight is 439 g/mol. The van der Waals surface area contributed by atoms with Gasteiger partial charge in [-0.1, -0.05) is 25.1 Å². The van der Waals surface area contributed by atoms with Crippen LogP contribution in [0.1, 0.15) is 45.4 Å². The second kappa shape index (κ2) is 11.0. The highest BCUT2D eigenvalue weighted by atomic mass is 19.2. The van der Waals surface area contributed by atoms with Gasteiger partial charge in [0.1, 0.15) is 12.7 Å². The number of fused-ring (bicyclic) bond motifs is 1. The first-order valence-electron chi connectivity index (χ1n) is 11.1. The van der Waals surface area contributed by atoms with Crippen molar-refractivity contribution >= 4 is 5.97 Å². The Bertz CT molecular complexity index is 768. The molecule has 0 spiro atoms. The van der Waals surface area contributed by atoms with Crippen molar-refractivity contribution in [2.75, 3.05) is 13.2 Å². The van der Waals surface area contributed by atoms with Crippen LogP contribution in [0.15, 0.2) is 30.4 Å². The van der Waals surface area contributed by atoms with E-state index in [4.69, 9.17) is 14.6 Å². The van der Waals surface area contributed by atoms with Crippen molar-refractivity contribution in [3.8, 4) is 5.75 Å². The van der Waals surface area contributed by atoms with Crippen LogP contribution < -0.4 is 4.74 Å². The molecule has 3 rings (SSSR count). The van der Waals surface area contributed by atoms with Gasteiger partial charge in [0, 0.05) is 13.0 Å². The van der Waals surface area contributed by atoms with Crippen LogP contribution in [0.5, 0.6) is 5.75 Å². The number of ether oxygens (including phenoxy) is 2. The Morgan fingerprint density at radius 1 is 1.35 bits per heavy atom. The number of aliphatic hydroxyl groups excluding tert-OH is 1. The minimum absolute atomic E-state index is 0.159. The third-order valence-corrected chi connectivity index (χ3v) is 6.57. The SMILES string of the molecule is C[C@@H]1C[C@@H]2OC[C@@H](CCCC(=O)O)CC[C@@H]2[C@H]1/C=C/[C@@H](O)COc1cccc(F)c1F. The summed E-state index contributed by atoms with van der Waals surface area (Å²) in [4.78, 5) is 10.7. The summed E-state index contributed by atoms with van der Waals surface area (Å²) in [6.45, 7) is 2.70. The number of hydrogen-bond donors (Lipinski definition) is 2. The van der Waals surface area contributed by atoms with E-state index in [2.05, 4.69) is 6.92 Å². The zero-order valence-corrected chi connectivity index (χ0v) is 17.9. The van der Waals surface area contributed by atoms with E-state index in [0.717, 1.165) is 31.7 Å². The Morgan fingerprint density at radius 3 is 2.94 bits per heavy atom. The molecule has 0 aromatic heterocycles. The number of hydrogen-bond acceptors (Lipinski definition) is 4. The Kier molecular flexibility index (Phi) is 8.43. The molecule has 0 radical (unpaired) electrons. The second-order valence-corrected chi connectivity index (χ2v) is 8.87. The van der Waals surface area contributed by atoms with Crippen LogP contribution in [0, 0.1) is 35.3 Å². The number of rotatable bonds is 9. The van der Waals surface area contributed by atoms with Gasteiger partial charge in [0.25, 0.3) is 0 Å². The number of carbonyl (C=O) groups is 1. The number of allylic oxidation sites excluding steroid dienone is 1. The molecule has 172 valence electrons. The molecule has 1 aliphatic carbocycles. The summed E-state index contributed by atoms with van der Waals surface area (Å²) in [6.07, 6.45) is 7.69. The number of carboxylic acids is 1. The topological polar surface area (TPSA) is 76.0 Å². The van der Waals surface area contributed by atoms with Crippen LogP contribution in [0.2, 0.25) is 0 Å². The van der Waals surface area contributed by atoms with Crippen molar-refractivity contribution in [2.24, 2.45) is 23.7 Å². The summed E-state index contributed by atoms with van der Waals surface area (Å²) in [5.74, 6) is -1.56. The van der Waals surface area contributed by atoms with Crippen LogP contribution in [-0.2, 0) is 9.53 Å². The highest BCUT2D eigenvalue weighted by Crippen LogP contribution is 2.45. The van der Waals surface area contributed by atoms with Crippen molar-refractivity contribution < 1.29 is 33.3 Å². The molecule has 1 aromatic carbocycles. The zero-order chi connectivity index (χ0) is 22.4. The zero-order valence-electron chi connectivity index (χ0n) is 17.9. The standard InChI is InChI=1S/C24H32F2O5/c1-15-12-22-19(10-8-16(13-30-22)4-2-7-23(28)29)18(15)11-9-17(27)14-31-21-6-3-5-20(25)24(21)26/h3,5-6,9,11,15-19,22,27H,2,4,7-8,10,12-14H2,1H3,(H,28,29)/b11-9+/t15-,16+,17-,18+,19-,22+/m1/s1. The van der Waals surface area contributed by atoms with E-state index < -0.39 is 23.7 Å². The van der Waals surface area contributed by atoms with Crippen molar-refractivity contribution in [1.29, 1.82) is 0 Å². The predicted molar refractivity (Wildman–Crippen MR) is 112 cm³/mol. The number of benzene rings is 1. The molecule has 0 amide bonds. The molecular weight excluding hydrogens is 406 g/mol. The third kappa shape index (κ3) is 6.50.